The molecule has 6 rings (SSSR count). The lowest BCUT2D eigenvalue weighted by Crippen LogP contribution is -2.38. The Morgan fingerprint density at radius 3 is 1.40 bits per heavy atom. The van der Waals surface area contributed by atoms with E-state index in [-0.39, 0.29) is 50.7 Å². The minimum absolute atomic E-state index is 0.0235. The van der Waals surface area contributed by atoms with Crippen LogP contribution in [0.4, 0.5) is 0 Å². The molecular weight excluding hydrogens is 632 g/mol. The average molecular weight is 679 g/mol. The zero-order valence-corrected chi connectivity index (χ0v) is 28.1. The summed E-state index contributed by atoms with van der Waals surface area (Å²) in [6.45, 7) is 0.504. The van der Waals surface area contributed by atoms with Gasteiger partial charge in [-0.2, -0.15) is 0 Å². The zero-order chi connectivity index (χ0) is 34.9. The molecule has 0 saturated carbocycles. The maximum absolute atomic E-state index is 13.4. The highest BCUT2D eigenvalue weighted by molar-refractivity contribution is 5.78. The van der Waals surface area contributed by atoms with Gasteiger partial charge >= 0.3 is 0 Å². The molecule has 5 N–H and O–H groups in total. The Morgan fingerprint density at radius 1 is 0.600 bits per heavy atom. The van der Waals surface area contributed by atoms with Crippen LogP contribution in [-0.4, -0.2) is 57.7 Å². The number of ether oxygens (including phenoxy) is 2. The Bertz CT molecular complexity index is 1580. The second-order valence-electron chi connectivity index (χ2n) is 13.4. The van der Waals surface area contributed by atoms with Crippen molar-refractivity contribution in [3.63, 3.8) is 0 Å². The second kappa shape index (κ2) is 17.0. The van der Waals surface area contributed by atoms with E-state index in [1.165, 1.54) is 0 Å². The van der Waals surface area contributed by atoms with Crippen LogP contribution in [0.5, 0.6) is 0 Å². The smallest absolute Gasteiger partial charge is 0.223 e. The Morgan fingerprint density at radius 2 is 0.980 bits per heavy atom. The maximum atomic E-state index is 13.4. The van der Waals surface area contributed by atoms with Crippen molar-refractivity contribution >= 4 is 11.8 Å². The molecule has 9 heteroatoms. The third-order valence-electron chi connectivity index (χ3n) is 9.59. The van der Waals surface area contributed by atoms with Gasteiger partial charge in [0.2, 0.25) is 11.8 Å². The SMILES string of the molecule is O=C(C[C@@H](CC(O)C[C@H](CC(=O)N[C@H]1c2ccccc2C[C@H]1O)OCc1ccccc1)OCc1ccccc1)N[C@H]1c2ccccc2C[C@H]1O. The van der Waals surface area contributed by atoms with Gasteiger partial charge in [0.15, 0.2) is 0 Å². The summed E-state index contributed by atoms with van der Waals surface area (Å²) in [6.07, 6.45) is -2.54. The molecule has 9 nitrogen and oxygen atoms in total. The van der Waals surface area contributed by atoms with Crippen molar-refractivity contribution in [2.75, 3.05) is 0 Å². The molecule has 0 saturated heterocycles. The number of rotatable bonds is 16. The van der Waals surface area contributed by atoms with E-state index >= 15 is 0 Å². The first-order valence-corrected chi connectivity index (χ1v) is 17.4. The summed E-state index contributed by atoms with van der Waals surface area (Å²) in [5.74, 6) is -0.578. The molecule has 4 aromatic rings. The molecule has 2 aliphatic carbocycles. The molecule has 0 aromatic heterocycles. The van der Waals surface area contributed by atoms with Crippen molar-refractivity contribution < 1.29 is 34.4 Å². The fourth-order valence-electron chi connectivity index (χ4n) is 7.07. The molecule has 50 heavy (non-hydrogen) atoms. The third kappa shape index (κ3) is 9.44. The van der Waals surface area contributed by atoms with E-state index in [9.17, 15) is 24.9 Å². The standard InChI is InChI=1S/C41H46N2O7/c44-31(21-32(49-25-27-11-3-1-4-12-27)23-38(47)42-40-34-17-9-7-15-29(34)19-36(40)45)22-33(50-26-28-13-5-2-6-14-28)24-39(48)43-41-35-18-10-8-16-30(35)20-37(41)46/h1-18,31-33,36-37,40-41,44-46H,19-26H2,(H,42,47)(H,43,48)/t32-,33-,36-,37-,40+,41+/m1/s1. The normalized spacial score (nSPS) is 20.6. The number of carbonyl (C=O) groups is 2. The molecule has 0 fully saturated rings. The van der Waals surface area contributed by atoms with Crippen molar-refractivity contribution in [3.8, 4) is 0 Å². The molecular formula is C41H46N2O7. The molecule has 2 aliphatic rings. The van der Waals surface area contributed by atoms with E-state index in [2.05, 4.69) is 10.6 Å². The summed E-state index contributed by atoms with van der Waals surface area (Å²) in [6, 6.07) is 33.6. The average Bonchev–Trinajstić information content (AvgIpc) is 3.61. The lowest BCUT2D eigenvalue weighted by atomic mass is 10.00. The third-order valence-corrected chi connectivity index (χ3v) is 9.59. The van der Waals surface area contributed by atoms with Crippen molar-refractivity contribution in [3.05, 3.63) is 143 Å². The van der Waals surface area contributed by atoms with Gasteiger partial charge in [0.1, 0.15) is 0 Å². The first kappa shape index (κ1) is 35.4. The molecule has 0 aliphatic heterocycles. The van der Waals surface area contributed by atoms with E-state index in [4.69, 9.17) is 9.47 Å². The number of nitrogens with one attached hydrogen (secondary N) is 2. The van der Waals surface area contributed by atoms with E-state index in [0.29, 0.717) is 12.8 Å². The monoisotopic (exact) mass is 678 g/mol. The number of hydrogen-bond donors (Lipinski definition) is 5. The summed E-state index contributed by atoms with van der Waals surface area (Å²) in [4.78, 5) is 26.8. The summed E-state index contributed by atoms with van der Waals surface area (Å²) >= 11 is 0. The van der Waals surface area contributed by atoms with Gasteiger partial charge in [-0.3, -0.25) is 9.59 Å². The predicted octanol–water partition coefficient (Wildman–Crippen LogP) is 4.63. The van der Waals surface area contributed by atoms with E-state index in [1.54, 1.807) is 0 Å². The van der Waals surface area contributed by atoms with Crippen LogP contribution in [0.1, 0.15) is 71.1 Å². The summed E-state index contributed by atoms with van der Waals surface area (Å²) in [5, 5.41) is 38.8. The molecule has 0 spiro atoms. The Hall–Kier alpha value is -4.38. The number of fused-ring (bicyclic) bond motifs is 2. The molecule has 6 atom stereocenters. The molecule has 0 radical (unpaired) electrons. The van der Waals surface area contributed by atoms with Crippen LogP contribution >= 0.6 is 0 Å². The van der Waals surface area contributed by atoms with Crippen LogP contribution in [0.2, 0.25) is 0 Å². The van der Waals surface area contributed by atoms with Crippen LogP contribution in [0.15, 0.2) is 109 Å². The van der Waals surface area contributed by atoms with Gasteiger partial charge in [-0.15, -0.1) is 0 Å². The molecule has 0 bridgehead atoms. The van der Waals surface area contributed by atoms with Crippen LogP contribution in [-0.2, 0) is 45.1 Å². The Kier molecular flexibility index (Phi) is 12.1. The maximum Gasteiger partial charge on any atom is 0.223 e. The largest absolute Gasteiger partial charge is 0.393 e. The highest BCUT2D eigenvalue weighted by Crippen LogP contribution is 2.33. The minimum atomic E-state index is -0.951. The number of aliphatic hydroxyl groups excluding tert-OH is 3. The van der Waals surface area contributed by atoms with Crippen molar-refractivity contribution in [2.24, 2.45) is 0 Å². The zero-order valence-electron chi connectivity index (χ0n) is 28.1. The highest BCUT2D eigenvalue weighted by atomic mass is 16.5. The number of carbonyl (C=O) groups excluding carboxylic acids is 2. The molecule has 4 aromatic carbocycles. The number of benzene rings is 4. The van der Waals surface area contributed by atoms with E-state index in [1.807, 2.05) is 109 Å². The summed E-state index contributed by atoms with van der Waals surface area (Å²) < 4.78 is 12.4. The molecule has 0 unspecified atom stereocenters. The van der Waals surface area contributed by atoms with Crippen LogP contribution in [0.25, 0.3) is 0 Å². The number of hydrogen-bond acceptors (Lipinski definition) is 7. The van der Waals surface area contributed by atoms with Gasteiger partial charge < -0.3 is 35.4 Å². The topological polar surface area (TPSA) is 137 Å². The van der Waals surface area contributed by atoms with Gasteiger partial charge in [0.05, 0.1) is 68.7 Å². The second-order valence-corrected chi connectivity index (χ2v) is 13.4. The lowest BCUT2D eigenvalue weighted by Gasteiger charge is -2.26. The van der Waals surface area contributed by atoms with Crippen molar-refractivity contribution in [1.29, 1.82) is 0 Å². The van der Waals surface area contributed by atoms with Gasteiger partial charge in [0.25, 0.3) is 0 Å². The minimum Gasteiger partial charge on any atom is -0.393 e. The first-order chi connectivity index (χ1) is 24.3. The van der Waals surface area contributed by atoms with Crippen LogP contribution in [0, 0.1) is 0 Å². The Labute approximate surface area is 293 Å². The molecule has 0 heterocycles. The van der Waals surface area contributed by atoms with Gasteiger partial charge in [-0.05, 0) is 33.4 Å². The molecule has 262 valence electrons. The quantitative estimate of drug-likeness (QED) is 0.117. The van der Waals surface area contributed by atoms with Gasteiger partial charge in [0, 0.05) is 25.7 Å². The fourth-order valence-corrected chi connectivity index (χ4v) is 7.07. The van der Waals surface area contributed by atoms with Crippen LogP contribution < -0.4 is 10.6 Å². The predicted molar refractivity (Wildman–Crippen MR) is 189 cm³/mol. The summed E-state index contributed by atoms with van der Waals surface area (Å²) in [5.41, 5.74) is 5.69. The van der Waals surface area contributed by atoms with Gasteiger partial charge in [-0.1, -0.05) is 109 Å². The molecule has 2 amide bonds. The van der Waals surface area contributed by atoms with E-state index in [0.717, 1.165) is 33.4 Å². The summed E-state index contributed by atoms with van der Waals surface area (Å²) in [7, 11) is 0. The van der Waals surface area contributed by atoms with Gasteiger partial charge in [-0.25, -0.2) is 0 Å². The van der Waals surface area contributed by atoms with Crippen molar-refractivity contribution in [2.45, 2.75) is 94.3 Å². The number of amides is 2. The Balaban J connectivity index is 1.11. The van der Waals surface area contributed by atoms with Crippen LogP contribution in [0.3, 0.4) is 0 Å². The fraction of sp³-hybridized carbons (Fsp3) is 0.366. The highest BCUT2D eigenvalue weighted by Gasteiger charge is 2.34. The van der Waals surface area contributed by atoms with E-state index < -0.39 is 42.6 Å². The number of aliphatic hydroxyl groups is 3. The first-order valence-electron chi connectivity index (χ1n) is 17.4. The van der Waals surface area contributed by atoms with Crippen molar-refractivity contribution in [1.82, 2.24) is 10.6 Å². The lowest BCUT2D eigenvalue weighted by molar-refractivity contribution is -0.127.